The van der Waals surface area contributed by atoms with Crippen LogP contribution >= 0.6 is 12.2 Å². The molecule has 6 rings (SSSR count). The molecule has 12 heteroatoms. The lowest BCUT2D eigenvalue weighted by Crippen LogP contribution is -2.59. The molecule has 2 aliphatic heterocycles. The smallest absolute Gasteiger partial charge is 0.378 e. The standard InChI is InChI=1S/C35H38F3N5O3S/c36-35(37,38)27-10-8-25(9-11-27)22-43(31(44)24-42-23-30(40-33(42)47)26-6-2-1-3-7-26)34(16-4-5-17-34)32(45)39-28-12-14-29(15-13-28)41-18-20-46-21-19-41/h1-3,6-15,30H,4-5,16-24H2,(H,39,45)(H,40,47)/t30-/m0/s1. The first-order valence-corrected chi connectivity index (χ1v) is 16.3. The van der Waals surface area contributed by atoms with Gasteiger partial charge in [0.15, 0.2) is 5.11 Å². The largest absolute Gasteiger partial charge is 0.416 e. The molecular weight excluding hydrogens is 627 g/mol. The Bertz CT molecular complexity index is 1560. The van der Waals surface area contributed by atoms with Crippen LogP contribution in [-0.2, 0) is 27.0 Å². The van der Waals surface area contributed by atoms with E-state index in [9.17, 15) is 22.8 Å². The van der Waals surface area contributed by atoms with Crippen molar-refractivity contribution in [3.05, 3.63) is 95.6 Å². The van der Waals surface area contributed by atoms with Gasteiger partial charge in [0.25, 0.3) is 0 Å². The number of rotatable bonds is 9. The van der Waals surface area contributed by atoms with E-state index in [1.807, 2.05) is 54.6 Å². The molecule has 2 heterocycles. The Morgan fingerprint density at radius 3 is 2.26 bits per heavy atom. The van der Waals surface area contributed by atoms with E-state index in [1.165, 1.54) is 12.1 Å². The molecule has 0 bridgehead atoms. The Hall–Kier alpha value is -4.16. The van der Waals surface area contributed by atoms with Crippen LogP contribution in [0, 0.1) is 0 Å². The van der Waals surface area contributed by atoms with E-state index in [1.54, 1.807) is 9.80 Å². The molecule has 3 aromatic rings. The van der Waals surface area contributed by atoms with Crippen molar-refractivity contribution in [1.29, 1.82) is 0 Å². The summed E-state index contributed by atoms with van der Waals surface area (Å²) < 4.78 is 45.4. The topological polar surface area (TPSA) is 77.2 Å². The zero-order chi connectivity index (χ0) is 33.0. The van der Waals surface area contributed by atoms with Crippen LogP contribution in [0.3, 0.4) is 0 Å². The molecule has 0 spiro atoms. The van der Waals surface area contributed by atoms with Gasteiger partial charge in [-0.15, -0.1) is 0 Å². The van der Waals surface area contributed by atoms with Crippen molar-refractivity contribution < 1.29 is 27.5 Å². The Labute approximate surface area is 277 Å². The van der Waals surface area contributed by atoms with E-state index < -0.39 is 17.3 Å². The highest BCUT2D eigenvalue weighted by Crippen LogP contribution is 2.39. The lowest BCUT2D eigenvalue weighted by atomic mass is 9.92. The Kier molecular flexibility index (Phi) is 9.70. The van der Waals surface area contributed by atoms with Crippen LogP contribution in [-0.4, -0.2) is 71.7 Å². The molecule has 1 atom stereocenters. The van der Waals surface area contributed by atoms with Crippen molar-refractivity contribution in [2.24, 2.45) is 0 Å². The molecule has 3 aliphatic rings. The van der Waals surface area contributed by atoms with Crippen molar-refractivity contribution in [2.75, 3.05) is 49.6 Å². The van der Waals surface area contributed by atoms with Crippen molar-refractivity contribution >= 4 is 40.5 Å². The number of hydrogen-bond donors (Lipinski definition) is 2. The average molecular weight is 666 g/mol. The summed E-state index contributed by atoms with van der Waals surface area (Å²) in [5.74, 6) is -0.624. The lowest BCUT2D eigenvalue weighted by molar-refractivity contribution is -0.146. The molecule has 0 radical (unpaired) electrons. The van der Waals surface area contributed by atoms with Gasteiger partial charge in [0.1, 0.15) is 5.54 Å². The normalized spacial score (nSPS) is 19.4. The van der Waals surface area contributed by atoms with E-state index in [0.717, 1.165) is 49.3 Å². The number of thiocarbonyl (C=S) groups is 1. The van der Waals surface area contributed by atoms with Gasteiger partial charge in [0.2, 0.25) is 11.8 Å². The number of anilines is 2. The second-order valence-corrected chi connectivity index (χ2v) is 12.7. The fourth-order valence-corrected chi connectivity index (χ4v) is 6.99. The van der Waals surface area contributed by atoms with Crippen LogP contribution < -0.4 is 15.5 Å². The van der Waals surface area contributed by atoms with Gasteiger partial charge < -0.3 is 30.1 Å². The van der Waals surface area contributed by atoms with Gasteiger partial charge >= 0.3 is 6.18 Å². The number of hydrogen-bond acceptors (Lipinski definition) is 5. The first-order chi connectivity index (χ1) is 22.6. The molecule has 0 unspecified atom stereocenters. The quantitative estimate of drug-likeness (QED) is 0.282. The lowest BCUT2D eigenvalue weighted by Gasteiger charge is -2.41. The predicted octanol–water partition coefficient (Wildman–Crippen LogP) is 5.75. The molecule has 2 amide bonds. The monoisotopic (exact) mass is 665 g/mol. The fraction of sp³-hybridized carbons (Fsp3) is 0.400. The summed E-state index contributed by atoms with van der Waals surface area (Å²) in [6, 6.07) is 22.1. The minimum atomic E-state index is -4.48. The van der Waals surface area contributed by atoms with Gasteiger partial charge in [-0.1, -0.05) is 55.3 Å². The maximum absolute atomic E-state index is 14.3. The summed E-state index contributed by atoms with van der Waals surface area (Å²) in [7, 11) is 0. The van der Waals surface area contributed by atoms with Crippen molar-refractivity contribution in [3.8, 4) is 0 Å². The third-order valence-corrected chi connectivity index (χ3v) is 9.69. The molecule has 1 saturated carbocycles. The highest BCUT2D eigenvalue weighted by Gasteiger charge is 2.49. The van der Waals surface area contributed by atoms with Gasteiger partial charge in [-0.2, -0.15) is 13.2 Å². The number of benzene rings is 3. The third-order valence-electron chi connectivity index (χ3n) is 9.31. The number of nitrogens with one attached hydrogen (secondary N) is 2. The number of nitrogens with zero attached hydrogens (tertiary/aromatic N) is 3. The summed E-state index contributed by atoms with van der Waals surface area (Å²) >= 11 is 5.61. The molecular formula is C35H38F3N5O3S. The first-order valence-electron chi connectivity index (χ1n) is 15.9. The summed E-state index contributed by atoms with van der Waals surface area (Å²) in [5.41, 5.74) is 1.23. The van der Waals surface area contributed by atoms with E-state index in [2.05, 4.69) is 15.5 Å². The first kappa shape index (κ1) is 32.8. The molecule has 47 heavy (non-hydrogen) atoms. The number of alkyl halides is 3. The van der Waals surface area contributed by atoms with E-state index in [0.29, 0.717) is 49.0 Å². The van der Waals surface area contributed by atoms with Crippen LogP contribution in [0.4, 0.5) is 24.5 Å². The maximum Gasteiger partial charge on any atom is 0.416 e. The van der Waals surface area contributed by atoms with Crippen LogP contribution in [0.5, 0.6) is 0 Å². The Morgan fingerprint density at radius 1 is 0.957 bits per heavy atom. The minimum absolute atomic E-state index is 0.0174. The molecule has 1 aliphatic carbocycles. The number of carbonyl (C=O) groups excluding carboxylic acids is 2. The van der Waals surface area contributed by atoms with E-state index in [4.69, 9.17) is 17.0 Å². The van der Waals surface area contributed by atoms with Gasteiger partial charge in [-0.3, -0.25) is 9.59 Å². The number of amides is 2. The SMILES string of the molecule is O=C(CN1C[C@@H](c2ccccc2)NC1=S)N(Cc1ccc(C(F)(F)F)cc1)C1(C(=O)Nc2ccc(N3CCOCC3)cc2)CCCC1. The average Bonchev–Trinajstić information content (AvgIpc) is 3.72. The zero-order valence-corrected chi connectivity index (χ0v) is 26.8. The molecule has 3 aromatic carbocycles. The van der Waals surface area contributed by atoms with Gasteiger partial charge in [-0.05, 0) is 72.6 Å². The molecule has 2 saturated heterocycles. The van der Waals surface area contributed by atoms with E-state index >= 15 is 0 Å². The molecule has 3 fully saturated rings. The highest BCUT2D eigenvalue weighted by molar-refractivity contribution is 7.80. The van der Waals surface area contributed by atoms with Gasteiger partial charge in [-0.25, -0.2) is 0 Å². The van der Waals surface area contributed by atoms with Crippen LogP contribution in [0.2, 0.25) is 0 Å². The molecule has 8 nitrogen and oxygen atoms in total. The summed E-state index contributed by atoms with van der Waals surface area (Å²) in [6.45, 7) is 3.28. The maximum atomic E-state index is 14.3. The van der Waals surface area contributed by atoms with Crippen molar-refractivity contribution in [1.82, 2.24) is 15.1 Å². The predicted molar refractivity (Wildman–Crippen MR) is 178 cm³/mol. The zero-order valence-electron chi connectivity index (χ0n) is 26.0. The minimum Gasteiger partial charge on any atom is -0.378 e. The Balaban J connectivity index is 1.25. The summed E-state index contributed by atoms with van der Waals surface area (Å²) in [4.78, 5) is 34.1. The fourth-order valence-electron chi connectivity index (χ4n) is 6.71. The van der Waals surface area contributed by atoms with Crippen LogP contribution in [0.1, 0.15) is 48.4 Å². The van der Waals surface area contributed by atoms with Crippen LogP contribution in [0.25, 0.3) is 0 Å². The molecule has 2 N–H and O–H groups in total. The number of ether oxygens (including phenoxy) is 1. The van der Waals surface area contributed by atoms with Crippen molar-refractivity contribution in [3.63, 3.8) is 0 Å². The number of halogens is 3. The summed E-state index contributed by atoms with van der Waals surface area (Å²) in [6.07, 6.45) is -2.13. The number of morpholine rings is 1. The second-order valence-electron chi connectivity index (χ2n) is 12.3. The number of carbonyl (C=O) groups is 2. The van der Waals surface area contributed by atoms with E-state index in [-0.39, 0.29) is 30.9 Å². The van der Waals surface area contributed by atoms with Gasteiger partial charge in [0, 0.05) is 37.6 Å². The highest BCUT2D eigenvalue weighted by atomic mass is 32.1. The van der Waals surface area contributed by atoms with Crippen molar-refractivity contribution in [2.45, 2.75) is 50.0 Å². The molecule has 0 aromatic heterocycles. The third kappa shape index (κ3) is 7.38. The summed E-state index contributed by atoms with van der Waals surface area (Å²) in [5, 5.41) is 6.78. The Morgan fingerprint density at radius 2 is 1.62 bits per heavy atom. The molecule has 248 valence electrons. The second kappa shape index (κ2) is 13.9. The van der Waals surface area contributed by atoms with Crippen LogP contribution in [0.15, 0.2) is 78.9 Å². The van der Waals surface area contributed by atoms with Gasteiger partial charge in [0.05, 0.1) is 31.4 Å².